The number of ether oxygens (including phenoxy) is 2. The average molecular weight is 454 g/mol. The number of amides is 2. The van der Waals surface area contributed by atoms with Crippen molar-refractivity contribution in [2.24, 2.45) is 11.8 Å². The van der Waals surface area contributed by atoms with Crippen LogP contribution in [0, 0.1) is 11.8 Å². The summed E-state index contributed by atoms with van der Waals surface area (Å²) in [6.45, 7) is 0.476. The summed E-state index contributed by atoms with van der Waals surface area (Å²) in [7, 11) is 0. The standard InChI is InChI=1S/C21H25Cl2N3O4/c22-14-4-3-13(5-15(14)23)29-10-18(27)26-21-6-12(7-21)16(8-21)25-19(28)17-9-24-20(30-17)11-1-2-11/h3-5,11-12,16-17,20,24H,1-2,6-10H2,(H,25,28)(H,26,27)/t12?,16-,17?,20?,21?/m0/s1. The lowest BCUT2D eigenvalue weighted by Crippen LogP contribution is -2.53. The quantitative estimate of drug-likeness (QED) is 0.588. The molecule has 2 bridgehead atoms. The molecule has 1 aromatic rings. The van der Waals surface area contributed by atoms with Crippen LogP contribution in [0.3, 0.4) is 0 Å². The van der Waals surface area contributed by atoms with Crippen molar-refractivity contribution in [3.63, 3.8) is 0 Å². The minimum Gasteiger partial charge on any atom is -0.484 e. The van der Waals surface area contributed by atoms with Gasteiger partial charge in [0, 0.05) is 24.2 Å². The highest BCUT2D eigenvalue weighted by Crippen LogP contribution is 2.52. The summed E-state index contributed by atoms with van der Waals surface area (Å²) in [6, 6.07) is 4.97. The summed E-state index contributed by atoms with van der Waals surface area (Å²) in [5, 5.41) is 10.4. The molecule has 7 nitrogen and oxygen atoms in total. The number of carbonyl (C=O) groups excluding carboxylic acids is 2. The van der Waals surface area contributed by atoms with Gasteiger partial charge in [-0.3, -0.25) is 14.9 Å². The third kappa shape index (κ3) is 4.13. The molecule has 9 heteroatoms. The summed E-state index contributed by atoms with van der Waals surface area (Å²) in [4.78, 5) is 25.0. The van der Waals surface area contributed by atoms with Crippen molar-refractivity contribution in [1.82, 2.24) is 16.0 Å². The van der Waals surface area contributed by atoms with Crippen molar-refractivity contribution in [1.29, 1.82) is 0 Å². The van der Waals surface area contributed by atoms with Gasteiger partial charge in [-0.05, 0) is 56.1 Å². The summed E-state index contributed by atoms with van der Waals surface area (Å²) in [6.07, 6.45) is 4.46. The Balaban J connectivity index is 1.08. The van der Waals surface area contributed by atoms with Crippen molar-refractivity contribution in [3.8, 4) is 5.75 Å². The molecule has 3 atom stereocenters. The number of hydrogen-bond donors (Lipinski definition) is 3. The molecule has 1 aliphatic heterocycles. The summed E-state index contributed by atoms with van der Waals surface area (Å²) in [5.41, 5.74) is -0.244. The van der Waals surface area contributed by atoms with Crippen LogP contribution in [0.4, 0.5) is 0 Å². The molecule has 6 rings (SSSR count). The van der Waals surface area contributed by atoms with Crippen LogP contribution >= 0.6 is 23.2 Å². The monoisotopic (exact) mass is 453 g/mol. The molecule has 0 aromatic heterocycles. The Morgan fingerprint density at radius 1 is 1.17 bits per heavy atom. The predicted octanol–water partition coefficient (Wildman–Crippen LogP) is 2.25. The first-order chi connectivity index (χ1) is 14.4. The fourth-order valence-electron chi connectivity index (χ4n) is 4.96. The lowest BCUT2D eigenvalue weighted by atomic mass is 9.76. The van der Waals surface area contributed by atoms with Crippen LogP contribution in [-0.4, -0.2) is 48.9 Å². The first-order valence-corrected chi connectivity index (χ1v) is 11.2. The van der Waals surface area contributed by atoms with E-state index in [1.54, 1.807) is 18.2 Å². The van der Waals surface area contributed by atoms with Crippen molar-refractivity contribution in [3.05, 3.63) is 28.2 Å². The highest BCUT2D eigenvalue weighted by atomic mass is 35.5. The van der Waals surface area contributed by atoms with Crippen molar-refractivity contribution >= 4 is 35.0 Å². The maximum Gasteiger partial charge on any atom is 0.258 e. The number of carbonyl (C=O) groups is 2. The zero-order chi connectivity index (χ0) is 20.9. The van der Waals surface area contributed by atoms with Gasteiger partial charge < -0.3 is 20.1 Å². The van der Waals surface area contributed by atoms with E-state index in [4.69, 9.17) is 32.7 Å². The van der Waals surface area contributed by atoms with Crippen molar-refractivity contribution in [2.45, 2.75) is 56.0 Å². The topological polar surface area (TPSA) is 88.7 Å². The minimum absolute atomic E-state index is 0.0270. The van der Waals surface area contributed by atoms with E-state index in [-0.39, 0.29) is 36.2 Å². The Hall–Kier alpha value is -1.54. The molecule has 0 radical (unpaired) electrons. The van der Waals surface area contributed by atoms with E-state index in [0.717, 1.165) is 19.3 Å². The summed E-state index contributed by atoms with van der Waals surface area (Å²) >= 11 is 11.9. The maximum atomic E-state index is 12.6. The zero-order valence-corrected chi connectivity index (χ0v) is 18.0. The van der Waals surface area contributed by atoms with Crippen molar-refractivity contribution in [2.75, 3.05) is 13.2 Å². The molecule has 30 heavy (non-hydrogen) atoms. The van der Waals surface area contributed by atoms with Gasteiger partial charge in [-0.2, -0.15) is 0 Å². The van der Waals surface area contributed by atoms with E-state index in [2.05, 4.69) is 16.0 Å². The molecule has 1 saturated heterocycles. The number of fused-ring (bicyclic) bond motifs is 1. The van der Waals surface area contributed by atoms with Gasteiger partial charge in [-0.15, -0.1) is 0 Å². The molecule has 162 valence electrons. The highest BCUT2D eigenvalue weighted by Gasteiger charge is 2.57. The van der Waals surface area contributed by atoms with Gasteiger partial charge in [0.1, 0.15) is 12.0 Å². The molecular weight excluding hydrogens is 429 g/mol. The maximum absolute atomic E-state index is 12.6. The van der Waals surface area contributed by atoms with E-state index < -0.39 is 6.10 Å². The first kappa shape index (κ1) is 20.4. The Labute approximate surface area is 185 Å². The van der Waals surface area contributed by atoms with Crippen LogP contribution in [0.2, 0.25) is 10.0 Å². The summed E-state index contributed by atoms with van der Waals surface area (Å²) in [5.74, 6) is 1.23. The van der Waals surface area contributed by atoms with E-state index >= 15 is 0 Å². The van der Waals surface area contributed by atoms with Gasteiger partial charge in [0.2, 0.25) is 0 Å². The van der Waals surface area contributed by atoms with E-state index in [9.17, 15) is 9.59 Å². The van der Waals surface area contributed by atoms with Gasteiger partial charge >= 0.3 is 0 Å². The molecule has 3 N–H and O–H groups in total. The Morgan fingerprint density at radius 3 is 2.70 bits per heavy atom. The van der Waals surface area contributed by atoms with E-state index in [1.165, 1.54) is 12.8 Å². The first-order valence-electron chi connectivity index (χ1n) is 10.5. The van der Waals surface area contributed by atoms with Crippen LogP contribution in [0.15, 0.2) is 18.2 Å². The predicted molar refractivity (Wildman–Crippen MR) is 111 cm³/mol. The van der Waals surface area contributed by atoms with Gasteiger partial charge in [-0.25, -0.2) is 0 Å². The Kier molecular flexibility index (Phi) is 5.34. The lowest BCUT2D eigenvalue weighted by Gasteiger charge is -2.39. The molecule has 5 fully saturated rings. The minimum atomic E-state index is -0.418. The average Bonchev–Trinajstić information content (AvgIpc) is 3.18. The fraction of sp³-hybridized carbons (Fsp3) is 0.619. The number of hydrogen-bond acceptors (Lipinski definition) is 5. The summed E-state index contributed by atoms with van der Waals surface area (Å²) < 4.78 is 11.4. The lowest BCUT2D eigenvalue weighted by molar-refractivity contribution is -0.133. The molecule has 1 heterocycles. The van der Waals surface area contributed by atoms with Crippen LogP contribution in [0.25, 0.3) is 0 Å². The second-order valence-electron chi connectivity index (χ2n) is 8.97. The third-order valence-corrected chi connectivity index (χ3v) is 7.38. The molecule has 4 aliphatic carbocycles. The van der Waals surface area contributed by atoms with Crippen LogP contribution < -0.4 is 20.7 Å². The molecule has 4 saturated carbocycles. The van der Waals surface area contributed by atoms with Gasteiger partial charge in [0.25, 0.3) is 11.8 Å². The van der Waals surface area contributed by atoms with Crippen molar-refractivity contribution < 1.29 is 19.1 Å². The molecule has 1 aromatic carbocycles. The number of rotatable bonds is 7. The van der Waals surface area contributed by atoms with Crippen LogP contribution in [-0.2, 0) is 14.3 Å². The van der Waals surface area contributed by atoms with Gasteiger partial charge in [0.15, 0.2) is 12.7 Å². The normalized spacial score (nSPS) is 34.3. The third-order valence-electron chi connectivity index (χ3n) is 6.64. The number of halogens is 2. The largest absolute Gasteiger partial charge is 0.484 e. The molecule has 0 spiro atoms. The molecule has 2 amide bonds. The Morgan fingerprint density at radius 2 is 1.97 bits per heavy atom. The molecular formula is C21H25Cl2N3O4. The highest BCUT2D eigenvalue weighted by molar-refractivity contribution is 6.42. The second-order valence-corrected chi connectivity index (χ2v) is 9.79. The van der Waals surface area contributed by atoms with Gasteiger partial charge in [0.05, 0.1) is 10.0 Å². The molecule has 2 unspecified atom stereocenters. The van der Waals surface area contributed by atoms with Crippen LogP contribution in [0.5, 0.6) is 5.75 Å². The zero-order valence-electron chi connectivity index (χ0n) is 16.5. The van der Waals surface area contributed by atoms with Gasteiger partial charge in [-0.1, -0.05) is 23.2 Å². The van der Waals surface area contributed by atoms with E-state index in [0.29, 0.717) is 34.2 Å². The smallest absolute Gasteiger partial charge is 0.258 e. The van der Waals surface area contributed by atoms with E-state index in [1.807, 2.05) is 0 Å². The number of benzene rings is 1. The second kappa shape index (κ2) is 7.86. The fourth-order valence-corrected chi connectivity index (χ4v) is 5.24. The number of nitrogens with one attached hydrogen (secondary N) is 3. The van der Waals surface area contributed by atoms with Crippen LogP contribution in [0.1, 0.15) is 32.1 Å². The molecule has 5 aliphatic rings. The SMILES string of the molecule is O=C(COc1ccc(Cl)c(Cl)c1)NC12CC(C1)[C@@H](NC(=O)C1CNC(C3CC3)O1)C2. The Bertz CT molecular complexity index is 857.